The number of hydrazine groups is 1. The number of nitrogens with one attached hydrogen (secondary N) is 1. The fraction of sp³-hybridized carbons (Fsp3) is 0.583. The van der Waals surface area contributed by atoms with Gasteiger partial charge in [0.05, 0.1) is 12.1 Å². The van der Waals surface area contributed by atoms with Gasteiger partial charge in [0.2, 0.25) is 0 Å². The average Bonchev–Trinajstić information content (AvgIpc) is 2.38. The first-order valence-electron chi connectivity index (χ1n) is 6.07. The van der Waals surface area contributed by atoms with Crippen LogP contribution in [0.3, 0.4) is 0 Å². The lowest BCUT2D eigenvalue weighted by Crippen LogP contribution is -2.43. The van der Waals surface area contributed by atoms with E-state index in [1.165, 1.54) is 6.42 Å². The summed E-state index contributed by atoms with van der Waals surface area (Å²) < 4.78 is 0. The molecule has 2 atom stereocenters. The van der Waals surface area contributed by atoms with Gasteiger partial charge in [0.1, 0.15) is 11.6 Å². The number of rotatable bonds is 3. The van der Waals surface area contributed by atoms with E-state index in [-0.39, 0.29) is 12.1 Å². The van der Waals surface area contributed by atoms with Crippen molar-refractivity contribution in [3.8, 4) is 0 Å². The molecule has 4 N–H and O–H groups in total. The summed E-state index contributed by atoms with van der Waals surface area (Å²) in [6.07, 6.45) is 3.92. The molecule has 0 saturated heterocycles. The van der Waals surface area contributed by atoms with Gasteiger partial charge in [-0.25, -0.2) is 10.8 Å². The van der Waals surface area contributed by atoms with Crippen LogP contribution in [0.25, 0.3) is 0 Å². The highest BCUT2D eigenvalue weighted by atomic mass is 16.3. The number of nitrogens with two attached hydrogens (primary N) is 1. The molecule has 0 aromatic carbocycles. The molecular formula is C12H20N4O. The molecule has 1 aromatic heterocycles. The van der Waals surface area contributed by atoms with Crippen LogP contribution in [0.2, 0.25) is 0 Å². The lowest BCUT2D eigenvalue weighted by atomic mass is 9.91. The molecule has 1 fully saturated rings. The van der Waals surface area contributed by atoms with Gasteiger partial charge in [-0.1, -0.05) is 18.9 Å². The van der Waals surface area contributed by atoms with Gasteiger partial charge in [-0.05, 0) is 25.0 Å². The zero-order valence-electron chi connectivity index (χ0n) is 10.1. The van der Waals surface area contributed by atoms with E-state index in [2.05, 4.69) is 10.4 Å². The van der Waals surface area contributed by atoms with Crippen LogP contribution in [-0.4, -0.2) is 29.3 Å². The second-order valence-corrected chi connectivity index (χ2v) is 4.56. The molecule has 0 aliphatic heterocycles. The van der Waals surface area contributed by atoms with Gasteiger partial charge < -0.3 is 15.4 Å². The van der Waals surface area contributed by atoms with E-state index in [0.29, 0.717) is 5.82 Å². The number of likely N-dealkylation sites (N-methyl/N-ethyl adjacent to an activating group) is 1. The molecule has 2 rings (SSSR count). The minimum atomic E-state index is -0.259. The van der Waals surface area contributed by atoms with E-state index < -0.39 is 0 Å². The Hall–Kier alpha value is -1.33. The van der Waals surface area contributed by atoms with Crippen molar-refractivity contribution in [2.45, 2.75) is 37.8 Å². The van der Waals surface area contributed by atoms with Crippen molar-refractivity contribution in [3.05, 3.63) is 18.2 Å². The van der Waals surface area contributed by atoms with Crippen molar-refractivity contribution < 1.29 is 5.11 Å². The Morgan fingerprint density at radius 2 is 2.18 bits per heavy atom. The van der Waals surface area contributed by atoms with Gasteiger partial charge in [-0.15, -0.1) is 0 Å². The summed E-state index contributed by atoms with van der Waals surface area (Å²) >= 11 is 0. The summed E-state index contributed by atoms with van der Waals surface area (Å²) in [5.74, 6) is 6.82. The van der Waals surface area contributed by atoms with E-state index in [1.54, 1.807) is 0 Å². The van der Waals surface area contributed by atoms with Crippen LogP contribution in [0.1, 0.15) is 25.7 Å². The molecule has 0 amide bonds. The fourth-order valence-corrected chi connectivity index (χ4v) is 2.41. The van der Waals surface area contributed by atoms with Crippen LogP contribution < -0.4 is 16.2 Å². The van der Waals surface area contributed by atoms with Crippen molar-refractivity contribution in [3.63, 3.8) is 0 Å². The summed E-state index contributed by atoms with van der Waals surface area (Å²) in [4.78, 5) is 6.43. The Balaban J connectivity index is 2.14. The molecule has 5 heteroatoms. The Morgan fingerprint density at radius 1 is 1.41 bits per heavy atom. The summed E-state index contributed by atoms with van der Waals surface area (Å²) in [5.41, 5.74) is 2.54. The number of nitrogen functional groups attached to an aromatic ring is 1. The smallest absolute Gasteiger partial charge is 0.142 e. The number of aliphatic hydroxyl groups is 1. The minimum absolute atomic E-state index is 0.157. The molecule has 1 heterocycles. The summed E-state index contributed by atoms with van der Waals surface area (Å²) in [7, 11) is 1.97. The Labute approximate surface area is 102 Å². The largest absolute Gasteiger partial charge is 0.391 e. The number of pyridine rings is 1. The maximum Gasteiger partial charge on any atom is 0.142 e. The predicted octanol–water partition coefficient (Wildman–Crippen LogP) is 1.11. The van der Waals surface area contributed by atoms with Crippen LogP contribution in [-0.2, 0) is 0 Å². The zero-order chi connectivity index (χ0) is 12.3. The zero-order valence-corrected chi connectivity index (χ0v) is 10.1. The summed E-state index contributed by atoms with van der Waals surface area (Å²) in [6.45, 7) is 0. The monoisotopic (exact) mass is 236 g/mol. The highest BCUT2D eigenvalue weighted by Gasteiger charge is 2.27. The normalized spacial score (nSPS) is 24.4. The molecule has 1 aromatic rings. The minimum Gasteiger partial charge on any atom is -0.391 e. The standard InChI is InChI=1S/C12H20N4O/c1-16(9-5-2-3-6-10(9)17)12-8-4-7-11(14-12)15-13/h4,7-10,17H,2-3,5-6,13H2,1H3,(H,14,15). The third kappa shape index (κ3) is 2.68. The van der Waals surface area contributed by atoms with Gasteiger partial charge in [-0.3, -0.25) is 0 Å². The van der Waals surface area contributed by atoms with Crippen LogP contribution in [0.15, 0.2) is 18.2 Å². The second kappa shape index (κ2) is 5.33. The van der Waals surface area contributed by atoms with Crippen molar-refractivity contribution in [1.82, 2.24) is 4.98 Å². The van der Waals surface area contributed by atoms with Crippen LogP contribution in [0.4, 0.5) is 11.6 Å². The maximum absolute atomic E-state index is 10.0. The predicted molar refractivity (Wildman–Crippen MR) is 68.7 cm³/mol. The summed E-state index contributed by atoms with van der Waals surface area (Å²) in [6, 6.07) is 5.81. The lowest BCUT2D eigenvalue weighted by molar-refractivity contribution is 0.106. The first-order valence-corrected chi connectivity index (χ1v) is 6.07. The topological polar surface area (TPSA) is 74.4 Å². The molecule has 0 bridgehead atoms. The molecule has 0 spiro atoms. The Bertz CT molecular complexity index is 371. The third-order valence-electron chi connectivity index (χ3n) is 3.44. The molecule has 5 nitrogen and oxygen atoms in total. The van der Waals surface area contributed by atoms with E-state index >= 15 is 0 Å². The molecule has 0 radical (unpaired) electrons. The first kappa shape index (κ1) is 12.1. The van der Waals surface area contributed by atoms with Crippen LogP contribution in [0, 0.1) is 0 Å². The Morgan fingerprint density at radius 3 is 2.88 bits per heavy atom. The highest BCUT2D eigenvalue weighted by Crippen LogP contribution is 2.25. The quantitative estimate of drug-likeness (QED) is 0.541. The third-order valence-corrected chi connectivity index (χ3v) is 3.44. The van der Waals surface area contributed by atoms with Crippen molar-refractivity contribution in [2.75, 3.05) is 17.4 Å². The number of hydrogen-bond acceptors (Lipinski definition) is 5. The van der Waals surface area contributed by atoms with Crippen molar-refractivity contribution in [2.24, 2.45) is 5.84 Å². The van der Waals surface area contributed by atoms with Gasteiger partial charge >= 0.3 is 0 Å². The highest BCUT2D eigenvalue weighted by molar-refractivity contribution is 5.46. The SMILES string of the molecule is CN(c1cccc(NN)n1)C1CCCCC1O. The molecule has 1 aliphatic rings. The van der Waals surface area contributed by atoms with Gasteiger partial charge in [0, 0.05) is 7.05 Å². The molecule has 1 aliphatic carbocycles. The lowest BCUT2D eigenvalue weighted by Gasteiger charge is -2.36. The molecular weight excluding hydrogens is 216 g/mol. The van der Waals surface area contributed by atoms with E-state index in [9.17, 15) is 5.11 Å². The van der Waals surface area contributed by atoms with Crippen molar-refractivity contribution >= 4 is 11.6 Å². The maximum atomic E-state index is 10.0. The number of anilines is 2. The van der Waals surface area contributed by atoms with Gasteiger partial charge in [0.15, 0.2) is 0 Å². The van der Waals surface area contributed by atoms with E-state index in [4.69, 9.17) is 5.84 Å². The molecule has 17 heavy (non-hydrogen) atoms. The van der Waals surface area contributed by atoms with Crippen molar-refractivity contribution in [1.29, 1.82) is 0 Å². The molecule has 94 valence electrons. The summed E-state index contributed by atoms with van der Waals surface area (Å²) in [5, 5.41) is 10.0. The first-order chi connectivity index (χ1) is 8.22. The van der Waals surface area contributed by atoms with E-state index in [1.807, 2.05) is 30.1 Å². The van der Waals surface area contributed by atoms with Crippen LogP contribution in [0.5, 0.6) is 0 Å². The second-order valence-electron chi connectivity index (χ2n) is 4.56. The molecule has 1 saturated carbocycles. The van der Waals surface area contributed by atoms with Crippen LogP contribution >= 0.6 is 0 Å². The fourth-order valence-electron chi connectivity index (χ4n) is 2.41. The average molecular weight is 236 g/mol. The number of aliphatic hydroxyl groups excluding tert-OH is 1. The molecule has 2 unspecified atom stereocenters. The Kier molecular flexibility index (Phi) is 3.81. The number of aromatic nitrogens is 1. The number of hydrogen-bond donors (Lipinski definition) is 3. The number of nitrogens with zero attached hydrogens (tertiary/aromatic N) is 2. The van der Waals surface area contributed by atoms with Gasteiger partial charge in [-0.2, -0.15) is 0 Å². The van der Waals surface area contributed by atoms with E-state index in [0.717, 1.165) is 25.1 Å². The van der Waals surface area contributed by atoms with Gasteiger partial charge in [0.25, 0.3) is 0 Å².